The van der Waals surface area contributed by atoms with Gasteiger partial charge in [-0.15, -0.1) is 0 Å². The lowest BCUT2D eigenvalue weighted by Crippen LogP contribution is -2.03. The third kappa shape index (κ3) is 2.97. The maximum atomic E-state index is 13.1. The number of halogens is 3. The number of carbonyl (C=O) groups is 1. The van der Waals surface area contributed by atoms with Gasteiger partial charge in [-0.2, -0.15) is 0 Å². The average molecular weight is 218 g/mol. The molecule has 1 rings (SSSR count). The van der Waals surface area contributed by atoms with Gasteiger partial charge in [0.25, 0.3) is 6.43 Å². The van der Waals surface area contributed by atoms with Crippen LogP contribution in [0.2, 0.25) is 0 Å². The van der Waals surface area contributed by atoms with Gasteiger partial charge in [-0.3, -0.25) is 4.79 Å². The Hall–Kier alpha value is -1.52. The van der Waals surface area contributed by atoms with Crippen LogP contribution in [0, 0.1) is 5.82 Å². The van der Waals surface area contributed by atoms with Gasteiger partial charge in [-0.25, -0.2) is 13.2 Å². The molecule has 0 amide bonds. The van der Waals surface area contributed by atoms with Crippen LogP contribution in [0.1, 0.15) is 24.0 Å². The van der Waals surface area contributed by atoms with E-state index in [4.69, 9.17) is 5.11 Å². The van der Waals surface area contributed by atoms with E-state index in [9.17, 15) is 18.0 Å². The molecule has 82 valence electrons. The zero-order chi connectivity index (χ0) is 11.4. The lowest BCUT2D eigenvalue weighted by atomic mass is 10.0. The standard InChI is InChI=1S/C10H9F3O2/c11-8-3-1-2-7(10(12)13)6(8)4-5-9(14)15/h1-3,10H,4-5H2,(H,14,15). The topological polar surface area (TPSA) is 37.3 Å². The molecule has 0 atom stereocenters. The summed E-state index contributed by atoms with van der Waals surface area (Å²) < 4.78 is 38.0. The molecule has 5 heteroatoms. The highest BCUT2D eigenvalue weighted by Gasteiger charge is 2.16. The summed E-state index contributed by atoms with van der Waals surface area (Å²) in [5.74, 6) is -1.92. The van der Waals surface area contributed by atoms with E-state index in [1.807, 2.05) is 0 Å². The Labute approximate surface area is 84.3 Å². The fraction of sp³-hybridized carbons (Fsp3) is 0.300. The normalized spacial score (nSPS) is 10.7. The molecular weight excluding hydrogens is 209 g/mol. The molecule has 0 aromatic heterocycles. The van der Waals surface area contributed by atoms with E-state index in [-0.39, 0.29) is 18.4 Å². The molecule has 0 unspecified atom stereocenters. The smallest absolute Gasteiger partial charge is 0.303 e. The lowest BCUT2D eigenvalue weighted by Gasteiger charge is -2.08. The van der Waals surface area contributed by atoms with Gasteiger partial charge < -0.3 is 5.11 Å². The monoisotopic (exact) mass is 218 g/mol. The second-order valence-corrected chi connectivity index (χ2v) is 3.00. The Kier molecular flexibility index (Phi) is 3.71. The SMILES string of the molecule is O=C(O)CCc1c(F)cccc1C(F)F. The maximum Gasteiger partial charge on any atom is 0.303 e. The largest absolute Gasteiger partial charge is 0.481 e. The molecule has 0 spiro atoms. The predicted octanol–water partition coefficient (Wildman–Crippen LogP) is 2.78. The van der Waals surface area contributed by atoms with Crippen molar-refractivity contribution in [1.29, 1.82) is 0 Å². The van der Waals surface area contributed by atoms with E-state index in [1.165, 1.54) is 6.07 Å². The molecule has 0 aliphatic carbocycles. The Morgan fingerprint density at radius 3 is 2.60 bits per heavy atom. The van der Waals surface area contributed by atoms with Crippen LogP contribution in [0.3, 0.4) is 0 Å². The summed E-state index contributed by atoms with van der Waals surface area (Å²) in [6, 6.07) is 3.33. The zero-order valence-corrected chi connectivity index (χ0v) is 7.71. The van der Waals surface area contributed by atoms with Crippen molar-refractivity contribution in [1.82, 2.24) is 0 Å². The molecule has 0 saturated carbocycles. The van der Waals surface area contributed by atoms with Crippen LogP contribution < -0.4 is 0 Å². The lowest BCUT2D eigenvalue weighted by molar-refractivity contribution is -0.136. The third-order valence-corrected chi connectivity index (χ3v) is 1.98. The Bertz CT molecular complexity index is 364. The number of carboxylic acids is 1. The number of rotatable bonds is 4. The molecule has 0 radical (unpaired) electrons. The first-order valence-corrected chi connectivity index (χ1v) is 4.29. The quantitative estimate of drug-likeness (QED) is 0.843. The van der Waals surface area contributed by atoms with Crippen LogP contribution in [-0.2, 0) is 11.2 Å². The highest BCUT2D eigenvalue weighted by molar-refractivity contribution is 5.67. The van der Waals surface area contributed by atoms with Crippen LogP contribution in [-0.4, -0.2) is 11.1 Å². The number of alkyl halides is 2. The van der Waals surface area contributed by atoms with E-state index in [0.717, 1.165) is 12.1 Å². The molecule has 0 fully saturated rings. The summed E-state index contributed by atoms with van der Waals surface area (Å²) in [6.45, 7) is 0. The van der Waals surface area contributed by atoms with Gasteiger partial charge in [-0.1, -0.05) is 12.1 Å². The maximum absolute atomic E-state index is 13.1. The minimum atomic E-state index is -2.79. The zero-order valence-electron chi connectivity index (χ0n) is 7.71. The molecule has 1 aromatic rings. The van der Waals surface area contributed by atoms with E-state index in [1.54, 1.807) is 0 Å². The van der Waals surface area contributed by atoms with Crippen LogP contribution >= 0.6 is 0 Å². The summed E-state index contributed by atoms with van der Waals surface area (Å²) in [5.41, 5.74) is -0.647. The molecule has 0 aliphatic rings. The summed E-state index contributed by atoms with van der Waals surface area (Å²) in [5, 5.41) is 8.39. The molecule has 2 nitrogen and oxygen atoms in total. The number of carboxylic acid groups (broad SMARTS) is 1. The molecular formula is C10H9F3O2. The fourth-order valence-electron chi connectivity index (χ4n) is 1.28. The highest BCUT2D eigenvalue weighted by atomic mass is 19.3. The first-order valence-electron chi connectivity index (χ1n) is 4.29. The first kappa shape index (κ1) is 11.6. The van der Waals surface area contributed by atoms with Crippen molar-refractivity contribution in [3.63, 3.8) is 0 Å². The van der Waals surface area contributed by atoms with Crippen molar-refractivity contribution in [2.45, 2.75) is 19.3 Å². The van der Waals surface area contributed by atoms with Crippen LogP contribution in [0.25, 0.3) is 0 Å². The third-order valence-electron chi connectivity index (χ3n) is 1.98. The molecule has 0 saturated heterocycles. The predicted molar refractivity (Wildman–Crippen MR) is 47.3 cm³/mol. The number of hydrogen-bond acceptors (Lipinski definition) is 1. The van der Waals surface area contributed by atoms with Crippen molar-refractivity contribution in [2.24, 2.45) is 0 Å². The summed E-state index contributed by atoms with van der Waals surface area (Å²) in [6.07, 6.45) is -3.37. The van der Waals surface area contributed by atoms with E-state index in [2.05, 4.69) is 0 Å². The van der Waals surface area contributed by atoms with Gasteiger partial charge >= 0.3 is 5.97 Å². The van der Waals surface area contributed by atoms with Gasteiger partial charge in [0.1, 0.15) is 5.82 Å². The van der Waals surface area contributed by atoms with E-state index in [0.29, 0.717) is 0 Å². The minimum absolute atomic E-state index is 0.213. The van der Waals surface area contributed by atoms with Gasteiger partial charge in [0, 0.05) is 12.0 Å². The second kappa shape index (κ2) is 4.82. The van der Waals surface area contributed by atoms with Crippen molar-refractivity contribution in [2.75, 3.05) is 0 Å². The van der Waals surface area contributed by atoms with Crippen molar-refractivity contribution < 1.29 is 23.1 Å². The summed E-state index contributed by atoms with van der Waals surface area (Å²) in [7, 11) is 0. The number of aliphatic carboxylic acids is 1. The van der Waals surface area contributed by atoms with Gasteiger partial charge in [0.15, 0.2) is 0 Å². The minimum Gasteiger partial charge on any atom is -0.481 e. The highest BCUT2D eigenvalue weighted by Crippen LogP contribution is 2.25. The number of benzene rings is 1. The average Bonchev–Trinajstić information content (AvgIpc) is 2.15. The van der Waals surface area contributed by atoms with Crippen molar-refractivity contribution in [3.05, 3.63) is 35.1 Å². The van der Waals surface area contributed by atoms with Crippen molar-refractivity contribution in [3.8, 4) is 0 Å². The molecule has 1 aromatic carbocycles. The van der Waals surface area contributed by atoms with Gasteiger partial charge in [0.05, 0.1) is 0 Å². The molecule has 0 bridgehead atoms. The number of hydrogen-bond donors (Lipinski definition) is 1. The molecule has 0 aliphatic heterocycles. The Morgan fingerprint density at radius 1 is 1.40 bits per heavy atom. The van der Waals surface area contributed by atoms with Crippen LogP contribution in [0.15, 0.2) is 18.2 Å². The fourth-order valence-corrected chi connectivity index (χ4v) is 1.28. The van der Waals surface area contributed by atoms with Crippen LogP contribution in [0.5, 0.6) is 0 Å². The van der Waals surface area contributed by atoms with Crippen molar-refractivity contribution >= 4 is 5.97 Å². The van der Waals surface area contributed by atoms with Gasteiger partial charge in [-0.05, 0) is 18.1 Å². The van der Waals surface area contributed by atoms with E-state index >= 15 is 0 Å². The van der Waals surface area contributed by atoms with E-state index < -0.39 is 23.8 Å². The summed E-state index contributed by atoms with van der Waals surface area (Å²) >= 11 is 0. The Balaban J connectivity index is 2.97. The summed E-state index contributed by atoms with van der Waals surface area (Å²) in [4.78, 5) is 10.3. The first-order chi connectivity index (χ1) is 7.02. The molecule has 15 heavy (non-hydrogen) atoms. The Morgan fingerprint density at radius 2 is 2.07 bits per heavy atom. The molecule has 1 N–H and O–H groups in total. The van der Waals surface area contributed by atoms with Gasteiger partial charge in [0.2, 0.25) is 0 Å². The molecule has 0 heterocycles. The second-order valence-electron chi connectivity index (χ2n) is 3.00. The van der Waals surface area contributed by atoms with Crippen LogP contribution in [0.4, 0.5) is 13.2 Å².